The average Bonchev–Trinajstić information content (AvgIpc) is 3.35. The van der Waals surface area contributed by atoms with Gasteiger partial charge in [0.2, 0.25) is 0 Å². The van der Waals surface area contributed by atoms with E-state index in [1.165, 1.54) is 12.1 Å². The van der Waals surface area contributed by atoms with Crippen molar-refractivity contribution in [1.29, 1.82) is 0 Å². The smallest absolute Gasteiger partial charge is 0.345 e. The van der Waals surface area contributed by atoms with Crippen LogP contribution >= 0.6 is 24.0 Å². The zero-order chi connectivity index (χ0) is 21.8. The molecule has 2 aromatic rings. The Kier molecular flexibility index (Phi) is 8.49. The van der Waals surface area contributed by atoms with Crippen LogP contribution < -0.4 is 21.2 Å². The summed E-state index contributed by atoms with van der Waals surface area (Å²) in [6.45, 7) is 3.27. The Hall–Kier alpha value is -2.18. The van der Waals surface area contributed by atoms with E-state index in [4.69, 9.17) is 0 Å². The Morgan fingerprint density at radius 2 is 2.12 bits per heavy atom. The summed E-state index contributed by atoms with van der Waals surface area (Å²) in [5, 5.41) is 11.1. The summed E-state index contributed by atoms with van der Waals surface area (Å²) in [6, 6.07) is 3.79. The average molecular weight is 561 g/mol. The molecule has 1 aromatic carbocycles. The summed E-state index contributed by atoms with van der Waals surface area (Å²) in [5.74, 6) is 0.449. The quantitative estimate of drug-likeness (QED) is 0.245. The Balaban J connectivity index is 0.00000289. The van der Waals surface area contributed by atoms with Gasteiger partial charge < -0.3 is 15.5 Å². The first-order valence-electron chi connectivity index (χ1n) is 10.9. The van der Waals surface area contributed by atoms with Crippen LogP contribution in [0.1, 0.15) is 31.5 Å². The van der Waals surface area contributed by atoms with E-state index in [1.54, 1.807) is 16.3 Å². The number of benzene rings is 1. The highest BCUT2D eigenvalue weighted by atomic mass is 127. The SMILES string of the molecule is CN=C(NCCCn1nc2n(c1=O)CCCC2)NC1CCN(c2ccc(F)cc2F)C1.I. The molecule has 0 spiro atoms. The molecule has 2 aliphatic heterocycles. The highest BCUT2D eigenvalue weighted by molar-refractivity contribution is 14.0. The maximum absolute atomic E-state index is 14.0. The third-order valence-electron chi connectivity index (χ3n) is 5.87. The number of rotatable bonds is 6. The number of aliphatic imine (C=N–C) groups is 1. The van der Waals surface area contributed by atoms with Gasteiger partial charge in [0.15, 0.2) is 5.96 Å². The third-order valence-corrected chi connectivity index (χ3v) is 5.87. The zero-order valence-corrected chi connectivity index (χ0v) is 20.5. The van der Waals surface area contributed by atoms with E-state index in [0.717, 1.165) is 50.5 Å². The highest BCUT2D eigenvalue weighted by Gasteiger charge is 2.25. The van der Waals surface area contributed by atoms with Gasteiger partial charge in [0.1, 0.15) is 17.5 Å². The van der Waals surface area contributed by atoms with E-state index < -0.39 is 11.6 Å². The molecule has 0 saturated carbocycles. The summed E-state index contributed by atoms with van der Waals surface area (Å²) in [4.78, 5) is 18.5. The monoisotopic (exact) mass is 561 g/mol. The van der Waals surface area contributed by atoms with Gasteiger partial charge in [0.05, 0.1) is 5.69 Å². The van der Waals surface area contributed by atoms with E-state index in [-0.39, 0.29) is 35.7 Å². The number of anilines is 1. The largest absolute Gasteiger partial charge is 0.367 e. The van der Waals surface area contributed by atoms with Gasteiger partial charge in [-0.05, 0) is 37.8 Å². The van der Waals surface area contributed by atoms with Gasteiger partial charge in [-0.25, -0.2) is 18.3 Å². The first-order valence-corrected chi connectivity index (χ1v) is 10.9. The van der Waals surface area contributed by atoms with Crippen LogP contribution in [0, 0.1) is 11.6 Å². The van der Waals surface area contributed by atoms with Crippen molar-refractivity contribution in [3.63, 3.8) is 0 Å². The summed E-state index contributed by atoms with van der Waals surface area (Å²) in [5.41, 5.74) is 0.401. The lowest BCUT2D eigenvalue weighted by Gasteiger charge is -2.21. The molecule has 1 saturated heterocycles. The van der Waals surface area contributed by atoms with Crippen LogP contribution in [0.3, 0.4) is 0 Å². The fourth-order valence-corrected chi connectivity index (χ4v) is 4.25. The fraction of sp³-hybridized carbons (Fsp3) is 0.571. The summed E-state index contributed by atoms with van der Waals surface area (Å²) in [6.07, 6.45) is 4.57. The van der Waals surface area contributed by atoms with E-state index in [1.807, 2.05) is 4.90 Å². The van der Waals surface area contributed by atoms with Crippen molar-refractivity contribution < 1.29 is 8.78 Å². The molecule has 0 radical (unpaired) electrons. The number of halogens is 3. The first kappa shape index (κ1) is 24.5. The van der Waals surface area contributed by atoms with E-state index in [0.29, 0.717) is 37.8 Å². The third kappa shape index (κ3) is 5.59. The topological polar surface area (TPSA) is 79.5 Å². The van der Waals surface area contributed by atoms with Crippen molar-refractivity contribution in [3.8, 4) is 0 Å². The molecule has 4 rings (SSSR count). The molecular formula is C21H30F2IN7O. The van der Waals surface area contributed by atoms with Crippen molar-refractivity contribution in [2.24, 2.45) is 4.99 Å². The summed E-state index contributed by atoms with van der Waals surface area (Å²) < 4.78 is 30.5. The molecule has 2 N–H and O–H groups in total. The standard InChI is InChI=1S/C21H29F2N7O.HI/c1-24-20(25-9-4-11-30-21(31)29-10-3-2-5-19(29)27-30)26-16-8-12-28(14-16)18-7-6-15(22)13-17(18)23;/h6-7,13,16H,2-5,8-12,14H2,1H3,(H2,24,25,26);1H. The second-order valence-electron chi connectivity index (χ2n) is 8.05. The minimum Gasteiger partial charge on any atom is -0.367 e. The second-order valence-corrected chi connectivity index (χ2v) is 8.05. The molecule has 0 amide bonds. The van der Waals surface area contributed by atoms with E-state index in [9.17, 15) is 13.6 Å². The number of aromatic nitrogens is 3. The zero-order valence-electron chi connectivity index (χ0n) is 18.2. The van der Waals surface area contributed by atoms with Crippen molar-refractivity contribution in [1.82, 2.24) is 25.0 Å². The van der Waals surface area contributed by atoms with Gasteiger partial charge in [-0.15, -0.1) is 24.0 Å². The lowest BCUT2D eigenvalue weighted by atomic mass is 10.2. The molecule has 32 heavy (non-hydrogen) atoms. The molecule has 11 heteroatoms. The van der Waals surface area contributed by atoms with Gasteiger partial charge in [-0.3, -0.25) is 9.56 Å². The maximum Gasteiger partial charge on any atom is 0.345 e. The lowest BCUT2D eigenvalue weighted by molar-refractivity contribution is 0.509. The number of aryl methyl sites for hydroxylation is 2. The number of hydrogen-bond donors (Lipinski definition) is 2. The van der Waals surface area contributed by atoms with Gasteiger partial charge in [-0.2, -0.15) is 5.10 Å². The molecule has 2 aliphatic rings. The summed E-state index contributed by atoms with van der Waals surface area (Å²) in [7, 11) is 1.70. The van der Waals surface area contributed by atoms with Crippen molar-refractivity contribution in [2.45, 2.75) is 51.2 Å². The molecule has 0 aliphatic carbocycles. The van der Waals surface area contributed by atoms with Gasteiger partial charge in [0.25, 0.3) is 0 Å². The second kappa shape index (κ2) is 11.1. The normalized spacial score (nSPS) is 18.3. The van der Waals surface area contributed by atoms with Crippen LogP contribution in [-0.2, 0) is 19.5 Å². The lowest BCUT2D eigenvalue weighted by Crippen LogP contribution is -2.45. The van der Waals surface area contributed by atoms with Crippen LogP contribution in [0.2, 0.25) is 0 Å². The van der Waals surface area contributed by atoms with Crippen LogP contribution in [0.5, 0.6) is 0 Å². The van der Waals surface area contributed by atoms with E-state index >= 15 is 0 Å². The Bertz CT molecular complexity index is 1010. The number of fused-ring (bicyclic) bond motifs is 1. The molecule has 176 valence electrons. The molecular weight excluding hydrogens is 531 g/mol. The van der Waals surface area contributed by atoms with Crippen LogP contribution in [0.15, 0.2) is 28.0 Å². The molecule has 8 nitrogen and oxygen atoms in total. The van der Waals surface area contributed by atoms with Gasteiger partial charge in [-0.1, -0.05) is 0 Å². The van der Waals surface area contributed by atoms with Crippen LogP contribution in [0.25, 0.3) is 0 Å². The number of nitrogens with one attached hydrogen (secondary N) is 2. The van der Waals surface area contributed by atoms with Crippen molar-refractivity contribution in [2.75, 3.05) is 31.6 Å². The van der Waals surface area contributed by atoms with Crippen molar-refractivity contribution in [3.05, 3.63) is 46.1 Å². The molecule has 1 aromatic heterocycles. The van der Waals surface area contributed by atoms with Crippen molar-refractivity contribution >= 4 is 35.6 Å². The fourth-order valence-electron chi connectivity index (χ4n) is 4.25. The molecule has 1 fully saturated rings. The Labute approximate surface area is 203 Å². The molecule has 3 heterocycles. The predicted octanol–water partition coefficient (Wildman–Crippen LogP) is 2.11. The Morgan fingerprint density at radius 3 is 2.88 bits per heavy atom. The highest BCUT2D eigenvalue weighted by Crippen LogP contribution is 2.24. The van der Waals surface area contributed by atoms with Gasteiger partial charge in [0, 0.05) is 58.3 Å². The molecule has 0 bridgehead atoms. The van der Waals surface area contributed by atoms with Gasteiger partial charge >= 0.3 is 5.69 Å². The van der Waals surface area contributed by atoms with E-state index in [2.05, 4.69) is 20.7 Å². The number of nitrogens with zero attached hydrogens (tertiary/aromatic N) is 5. The minimum absolute atomic E-state index is 0. The minimum atomic E-state index is -0.572. The Morgan fingerprint density at radius 1 is 1.28 bits per heavy atom. The maximum atomic E-state index is 14.0. The number of guanidine groups is 1. The van der Waals surface area contributed by atoms with Crippen LogP contribution in [0.4, 0.5) is 14.5 Å². The van der Waals surface area contributed by atoms with Crippen LogP contribution in [-0.4, -0.2) is 53.0 Å². The molecule has 1 atom stereocenters. The first-order chi connectivity index (χ1) is 15.0. The molecule has 1 unspecified atom stereocenters. The predicted molar refractivity (Wildman–Crippen MR) is 131 cm³/mol. The summed E-state index contributed by atoms with van der Waals surface area (Å²) >= 11 is 0. The number of hydrogen-bond acceptors (Lipinski definition) is 4.